The van der Waals surface area contributed by atoms with Crippen LogP contribution in [0.25, 0.3) is 0 Å². The topological polar surface area (TPSA) is 58.6 Å². The molecule has 0 unspecified atom stereocenters. The number of benzene rings is 2. The number of nitrogens with one attached hydrogen (secondary N) is 1. The number of halogens is 2. The molecule has 0 aromatic heterocycles. The maximum atomic E-state index is 14.2. The molecule has 1 fully saturated rings. The lowest BCUT2D eigenvalue weighted by Gasteiger charge is -2.38. The number of ether oxygens (including phenoxy) is 1. The first-order valence-electron chi connectivity index (χ1n) is 8.49. The summed E-state index contributed by atoms with van der Waals surface area (Å²) in [5, 5.41) is 12.4. The Hall–Kier alpha value is -2.31. The number of hydrogen-bond acceptors (Lipinski definition) is 3. The zero-order chi connectivity index (χ0) is 18.7. The molecular weight excluding hydrogens is 340 g/mol. The van der Waals surface area contributed by atoms with Gasteiger partial charge in [0.25, 0.3) is 5.91 Å². The van der Waals surface area contributed by atoms with Gasteiger partial charge in [0, 0.05) is 24.3 Å². The van der Waals surface area contributed by atoms with Crippen molar-refractivity contribution in [3.8, 4) is 0 Å². The summed E-state index contributed by atoms with van der Waals surface area (Å²) in [4.78, 5) is 12.6. The third-order valence-electron chi connectivity index (χ3n) is 4.73. The highest BCUT2D eigenvalue weighted by Crippen LogP contribution is 2.39. The van der Waals surface area contributed by atoms with E-state index < -0.39 is 23.8 Å². The average Bonchev–Trinajstić information content (AvgIpc) is 2.58. The van der Waals surface area contributed by atoms with Crippen molar-refractivity contribution >= 4 is 5.91 Å². The lowest BCUT2D eigenvalue weighted by atomic mass is 9.75. The van der Waals surface area contributed by atoms with Crippen LogP contribution in [0.5, 0.6) is 0 Å². The average molecular weight is 361 g/mol. The largest absolute Gasteiger partial charge is 0.393 e. The smallest absolute Gasteiger partial charge is 0.251 e. The second-order valence-corrected chi connectivity index (χ2v) is 6.63. The van der Waals surface area contributed by atoms with Crippen LogP contribution in [0.3, 0.4) is 0 Å². The Bertz CT molecular complexity index is 773. The minimum atomic E-state index is -0.702. The zero-order valence-corrected chi connectivity index (χ0v) is 14.4. The zero-order valence-electron chi connectivity index (χ0n) is 14.4. The van der Waals surface area contributed by atoms with Crippen LogP contribution in [0.1, 0.15) is 40.4 Å². The van der Waals surface area contributed by atoms with Gasteiger partial charge in [0.1, 0.15) is 11.6 Å². The van der Waals surface area contributed by atoms with Crippen LogP contribution in [0, 0.1) is 17.6 Å². The lowest BCUT2D eigenvalue weighted by molar-refractivity contribution is 0.0229. The van der Waals surface area contributed by atoms with Gasteiger partial charge in [0.2, 0.25) is 0 Å². The van der Waals surface area contributed by atoms with Crippen molar-refractivity contribution in [3.05, 3.63) is 70.8 Å². The predicted octanol–water partition coefficient (Wildman–Crippen LogP) is 3.35. The van der Waals surface area contributed by atoms with Gasteiger partial charge >= 0.3 is 0 Å². The molecule has 2 aromatic carbocycles. The van der Waals surface area contributed by atoms with E-state index in [1.165, 1.54) is 12.1 Å². The van der Waals surface area contributed by atoms with Crippen LogP contribution >= 0.6 is 0 Å². The Morgan fingerprint density at radius 3 is 2.50 bits per heavy atom. The van der Waals surface area contributed by atoms with Gasteiger partial charge in [-0.2, -0.15) is 0 Å². The first-order valence-corrected chi connectivity index (χ1v) is 8.49. The molecule has 1 saturated carbocycles. The van der Waals surface area contributed by atoms with Gasteiger partial charge in [-0.15, -0.1) is 0 Å². The Morgan fingerprint density at radius 1 is 1.23 bits per heavy atom. The van der Waals surface area contributed by atoms with Crippen LogP contribution in [0.4, 0.5) is 8.78 Å². The van der Waals surface area contributed by atoms with Gasteiger partial charge < -0.3 is 15.2 Å². The van der Waals surface area contributed by atoms with Gasteiger partial charge in [-0.1, -0.05) is 18.2 Å². The SMILES string of the molecule is COCc1ccc(C(=O)N[C@H](c2ccc(F)cc2F)C2CC(O)C2)cc1. The van der Waals surface area contributed by atoms with Crippen molar-refractivity contribution in [3.63, 3.8) is 0 Å². The van der Waals surface area contributed by atoms with Crippen LogP contribution in [-0.4, -0.2) is 24.2 Å². The van der Waals surface area contributed by atoms with Crippen molar-refractivity contribution in [1.29, 1.82) is 0 Å². The molecule has 0 saturated heterocycles. The highest BCUT2D eigenvalue weighted by Gasteiger charge is 2.37. The van der Waals surface area contributed by atoms with E-state index in [0.29, 0.717) is 25.0 Å². The van der Waals surface area contributed by atoms with E-state index in [1.54, 1.807) is 31.4 Å². The quantitative estimate of drug-likeness (QED) is 0.830. The van der Waals surface area contributed by atoms with E-state index in [2.05, 4.69) is 5.32 Å². The molecule has 26 heavy (non-hydrogen) atoms. The summed E-state index contributed by atoms with van der Waals surface area (Å²) in [5.74, 6) is -1.81. The fourth-order valence-corrected chi connectivity index (χ4v) is 3.25. The van der Waals surface area contributed by atoms with Crippen molar-refractivity contribution in [2.75, 3.05) is 7.11 Å². The monoisotopic (exact) mass is 361 g/mol. The minimum Gasteiger partial charge on any atom is -0.393 e. The normalized spacial score (nSPS) is 20.3. The Kier molecular flexibility index (Phi) is 5.64. The molecule has 3 rings (SSSR count). The Morgan fingerprint density at radius 2 is 1.92 bits per heavy atom. The van der Waals surface area contributed by atoms with Crippen LogP contribution in [-0.2, 0) is 11.3 Å². The second kappa shape index (κ2) is 7.93. The van der Waals surface area contributed by atoms with Crippen molar-refractivity contribution in [2.24, 2.45) is 5.92 Å². The summed E-state index contributed by atoms with van der Waals surface area (Å²) in [6, 6.07) is 9.65. The molecule has 1 atom stereocenters. The third-order valence-corrected chi connectivity index (χ3v) is 4.73. The number of aliphatic hydroxyl groups is 1. The number of methoxy groups -OCH3 is 1. The standard InChI is InChI=1S/C20H21F2NO3/c1-26-11-12-2-4-13(5-3-12)20(25)23-19(14-8-16(24)9-14)17-7-6-15(21)10-18(17)22/h2-7,10,14,16,19,24H,8-9,11H2,1H3,(H,23,25)/t14?,16?,19-/m0/s1. The lowest BCUT2D eigenvalue weighted by Crippen LogP contribution is -2.41. The molecule has 1 aliphatic rings. The third kappa shape index (κ3) is 4.08. The van der Waals surface area contributed by atoms with Gasteiger partial charge in [-0.05, 0) is 42.5 Å². The molecule has 0 spiro atoms. The molecule has 6 heteroatoms. The number of hydrogen-bond donors (Lipinski definition) is 2. The highest BCUT2D eigenvalue weighted by atomic mass is 19.1. The van der Waals surface area contributed by atoms with Gasteiger partial charge in [0.05, 0.1) is 18.8 Å². The minimum absolute atomic E-state index is 0.0957. The first kappa shape index (κ1) is 18.5. The molecule has 0 bridgehead atoms. The molecule has 0 radical (unpaired) electrons. The van der Waals surface area contributed by atoms with Gasteiger partial charge in [-0.25, -0.2) is 8.78 Å². The fourth-order valence-electron chi connectivity index (χ4n) is 3.25. The summed E-state index contributed by atoms with van der Waals surface area (Å²) in [6.07, 6.45) is 0.486. The van der Waals surface area contributed by atoms with E-state index in [9.17, 15) is 18.7 Å². The molecule has 2 aromatic rings. The maximum absolute atomic E-state index is 14.2. The van der Waals surface area contributed by atoms with E-state index in [-0.39, 0.29) is 17.4 Å². The Labute approximate surface area is 150 Å². The summed E-state index contributed by atoms with van der Waals surface area (Å²) in [6.45, 7) is 0.450. The van der Waals surface area contributed by atoms with Crippen molar-refractivity contribution in [2.45, 2.75) is 31.6 Å². The predicted molar refractivity (Wildman–Crippen MR) is 92.5 cm³/mol. The summed E-state index contributed by atoms with van der Waals surface area (Å²) >= 11 is 0. The van der Waals surface area contributed by atoms with E-state index in [4.69, 9.17) is 4.74 Å². The molecule has 0 heterocycles. The molecule has 0 aliphatic heterocycles. The van der Waals surface area contributed by atoms with Crippen LogP contribution in [0.15, 0.2) is 42.5 Å². The van der Waals surface area contributed by atoms with Gasteiger partial charge in [-0.3, -0.25) is 4.79 Å². The molecule has 4 nitrogen and oxygen atoms in total. The van der Waals surface area contributed by atoms with Crippen LogP contribution < -0.4 is 5.32 Å². The van der Waals surface area contributed by atoms with Crippen molar-refractivity contribution in [1.82, 2.24) is 5.32 Å². The van der Waals surface area contributed by atoms with E-state index >= 15 is 0 Å². The number of amides is 1. The fraction of sp³-hybridized carbons (Fsp3) is 0.350. The van der Waals surface area contributed by atoms with E-state index in [0.717, 1.165) is 11.6 Å². The highest BCUT2D eigenvalue weighted by molar-refractivity contribution is 5.94. The number of rotatable bonds is 6. The Balaban J connectivity index is 1.80. The van der Waals surface area contributed by atoms with Crippen molar-refractivity contribution < 1.29 is 23.4 Å². The summed E-state index contributed by atoms with van der Waals surface area (Å²) in [5.41, 5.74) is 1.61. The summed E-state index contributed by atoms with van der Waals surface area (Å²) in [7, 11) is 1.59. The molecule has 1 amide bonds. The molecule has 2 N–H and O–H groups in total. The second-order valence-electron chi connectivity index (χ2n) is 6.63. The number of carbonyl (C=O) groups is 1. The van der Waals surface area contributed by atoms with E-state index in [1.807, 2.05) is 0 Å². The number of aliphatic hydroxyl groups excluding tert-OH is 1. The molecule has 138 valence electrons. The maximum Gasteiger partial charge on any atom is 0.251 e. The molecule has 1 aliphatic carbocycles. The first-order chi connectivity index (χ1) is 12.5. The summed E-state index contributed by atoms with van der Waals surface area (Å²) < 4.78 is 32.5. The number of carbonyl (C=O) groups excluding carboxylic acids is 1. The van der Waals surface area contributed by atoms with Gasteiger partial charge in [0.15, 0.2) is 0 Å². The van der Waals surface area contributed by atoms with Crippen LogP contribution in [0.2, 0.25) is 0 Å². The molecular formula is C20H21F2NO3.